The summed E-state index contributed by atoms with van der Waals surface area (Å²) >= 11 is 0. The Labute approximate surface area is 104 Å². The summed E-state index contributed by atoms with van der Waals surface area (Å²) in [5.74, 6) is 2.05. The first-order valence-electron chi connectivity index (χ1n) is 6.61. The van der Waals surface area contributed by atoms with Crippen LogP contribution in [0.1, 0.15) is 45.2 Å². The molecule has 1 aromatic carbocycles. The summed E-state index contributed by atoms with van der Waals surface area (Å²) in [6.45, 7) is 6.77. The number of benzene rings is 1. The summed E-state index contributed by atoms with van der Waals surface area (Å²) in [7, 11) is 0. The van der Waals surface area contributed by atoms with E-state index in [4.69, 9.17) is 0 Å². The van der Waals surface area contributed by atoms with Gasteiger partial charge >= 0.3 is 0 Å². The second-order valence-corrected chi connectivity index (χ2v) is 5.66. The molecular formula is C15H23NO. The number of nitrogens with one attached hydrogen (secondary N) is 1. The highest BCUT2D eigenvalue weighted by molar-refractivity contribution is 5.29. The molecule has 0 aliphatic heterocycles. The fourth-order valence-corrected chi connectivity index (χ4v) is 2.59. The molecular weight excluding hydrogens is 210 g/mol. The smallest absolute Gasteiger partial charge is 0.115 e. The molecule has 0 aromatic heterocycles. The van der Waals surface area contributed by atoms with Crippen LogP contribution in [0.3, 0.4) is 0 Å². The largest absolute Gasteiger partial charge is 0.508 e. The summed E-state index contributed by atoms with van der Waals surface area (Å²) in [4.78, 5) is 0. The number of rotatable bonds is 4. The van der Waals surface area contributed by atoms with Crippen molar-refractivity contribution in [3.8, 4) is 5.75 Å². The Morgan fingerprint density at radius 2 is 1.94 bits per heavy atom. The predicted octanol–water partition coefficient (Wildman–Crippen LogP) is 3.48. The van der Waals surface area contributed by atoms with Crippen LogP contribution < -0.4 is 5.32 Å². The van der Waals surface area contributed by atoms with Crippen LogP contribution in [0.25, 0.3) is 0 Å². The topological polar surface area (TPSA) is 32.3 Å². The number of phenols is 1. The van der Waals surface area contributed by atoms with Gasteiger partial charge in [-0.3, -0.25) is 0 Å². The van der Waals surface area contributed by atoms with Gasteiger partial charge in [0, 0.05) is 12.1 Å². The van der Waals surface area contributed by atoms with Crippen LogP contribution in [-0.2, 0) is 0 Å². The van der Waals surface area contributed by atoms with Crippen LogP contribution in [-0.4, -0.2) is 11.1 Å². The Balaban J connectivity index is 1.85. The van der Waals surface area contributed by atoms with Crippen molar-refractivity contribution in [1.82, 2.24) is 5.32 Å². The number of aromatic hydroxyl groups is 1. The van der Waals surface area contributed by atoms with Crippen molar-refractivity contribution in [3.05, 3.63) is 29.8 Å². The zero-order chi connectivity index (χ0) is 12.4. The highest BCUT2D eigenvalue weighted by Crippen LogP contribution is 2.35. The van der Waals surface area contributed by atoms with E-state index >= 15 is 0 Å². The summed E-state index contributed by atoms with van der Waals surface area (Å²) in [6.07, 6.45) is 2.58. The fraction of sp³-hybridized carbons (Fsp3) is 0.600. The average molecular weight is 233 g/mol. The van der Waals surface area contributed by atoms with E-state index in [1.165, 1.54) is 12.8 Å². The molecule has 0 bridgehead atoms. The van der Waals surface area contributed by atoms with E-state index in [0.29, 0.717) is 17.8 Å². The van der Waals surface area contributed by atoms with Gasteiger partial charge in [-0.2, -0.15) is 0 Å². The van der Waals surface area contributed by atoms with Crippen molar-refractivity contribution >= 4 is 0 Å². The van der Waals surface area contributed by atoms with E-state index in [1.54, 1.807) is 6.07 Å². The quantitative estimate of drug-likeness (QED) is 0.834. The van der Waals surface area contributed by atoms with Crippen LogP contribution in [0.4, 0.5) is 0 Å². The van der Waals surface area contributed by atoms with Crippen LogP contribution in [0, 0.1) is 11.8 Å². The summed E-state index contributed by atoms with van der Waals surface area (Å²) < 4.78 is 0. The maximum absolute atomic E-state index is 9.45. The minimum absolute atomic E-state index is 0.320. The number of hydrogen-bond donors (Lipinski definition) is 2. The lowest BCUT2D eigenvalue weighted by Gasteiger charge is -2.40. The fourth-order valence-electron chi connectivity index (χ4n) is 2.59. The third kappa shape index (κ3) is 3.01. The molecule has 1 aromatic rings. The summed E-state index contributed by atoms with van der Waals surface area (Å²) in [5.41, 5.74) is 1.16. The van der Waals surface area contributed by atoms with Gasteiger partial charge in [0.1, 0.15) is 5.75 Å². The predicted molar refractivity (Wildman–Crippen MR) is 71.0 cm³/mol. The van der Waals surface area contributed by atoms with Crippen LogP contribution >= 0.6 is 0 Å². The Hall–Kier alpha value is -1.02. The number of hydrogen-bond acceptors (Lipinski definition) is 2. The Morgan fingerprint density at radius 1 is 1.24 bits per heavy atom. The van der Waals surface area contributed by atoms with Gasteiger partial charge in [0.25, 0.3) is 0 Å². The SMILES string of the molecule is CC(NC1CC(C(C)C)C1)c1cccc(O)c1. The Morgan fingerprint density at radius 3 is 2.53 bits per heavy atom. The van der Waals surface area contributed by atoms with Gasteiger partial charge in [-0.05, 0) is 49.3 Å². The van der Waals surface area contributed by atoms with Gasteiger partial charge in [0.05, 0.1) is 0 Å². The second kappa shape index (κ2) is 5.09. The average Bonchev–Trinajstić information content (AvgIpc) is 2.21. The lowest BCUT2D eigenvalue weighted by molar-refractivity contribution is 0.159. The van der Waals surface area contributed by atoms with Gasteiger partial charge in [0.15, 0.2) is 0 Å². The lowest BCUT2D eigenvalue weighted by atomic mass is 9.73. The van der Waals surface area contributed by atoms with Gasteiger partial charge in [0.2, 0.25) is 0 Å². The minimum atomic E-state index is 0.320. The maximum Gasteiger partial charge on any atom is 0.115 e. The molecule has 1 saturated carbocycles. The Kier molecular flexibility index (Phi) is 3.72. The molecule has 0 radical (unpaired) electrons. The monoisotopic (exact) mass is 233 g/mol. The second-order valence-electron chi connectivity index (χ2n) is 5.66. The van der Waals surface area contributed by atoms with Gasteiger partial charge in [-0.15, -0.1) is 0 Å². The first-order chi connectivity index (χ1) is 8.06. The molecule has 1 unspecified atom stereocenters. The van der Waals surface area contributed by atoms with Crippen molar-refractivity contribution in [2.45, 2.75) is 45.7 Å². The van der Waals surface area contributed by atoms with E-state index in [0.717, 1.165) is 17.4 Å². The van der Waals surface area contributed by atoms with E-state index in [2.05, 4.69) is 32.2 Å². The molecule has 2 nitrogen and oxygen atoms in total. The normalized spacial score (nSPS) is 25.6. The highest BCUT2D eigenvalue weighted by atomic mass is 16.3. The zero-order valence-electron chi connectivity index (χ0n) is 11.0. The molecule has 0 spiro atoms. The molecule has 0 heterocycles. The van der Waals surface area contributed by atoms with Crippen molar-refractivity contribution in [3.63, 3.8) is 0 Å². The van der Waals surface area contributed by atoms with Crippen LogP contribution in [0.2, 0.25) is 0 Å². The zero-order valence-corrected chi connectivity index (χ0v) is 11.0. The molecule has 2 N–H and O–H groups in total. The molecule has 1 atom stereocenters. The van der Waals surface area contributed by atoms with E-state index < -0.39 is 0 Å². The van der Waals surface area contributed by atoms with Crippen molar-refractivity contribution in [1.29, 1.82) is 0 Å². The molecule has 0 amide bonds. The molecule has 1 aliphatic rings. The first-order valence-corrected chi connectivity index (χ1v) is 6.61. The van der Waals surface area contributed by atoms with Crippen molar-refractivity contribution in [2.75, 3.05) is 0 Å². The Bertz CT molecular complexity index is 369. The summed E-state index contributed by atoms with van der Waals surface area (Å²) in [6, 6.07) is 8.50. The third-order valence-electron chi connectivity index (χ3n) is 3.97. The van der Waals surface area contributed by atoms with Crippen LogP contribution in [0.5, 0.6) is 5.75 Å². The molecule has 1 aliphatic carbocycles. The standard InChI is InChI=1S/C15H23NO/c1-10(2)13-7-14(8-13)16-11(3)12-5-4-6-15(17)9-12/h4-6,9-11,13-14,16-17H,7-8H2,1-3H3. The van der Waals surface area contributed by atoms with E-state index in [-0.39, 0.29) is 0 Å². The molecule has 0 saturated heterocycles. The molecule has 2 heteroatoms. The third-order valence-corrected chi connectivity index (χ3v) is 3.97. The van der Waals surface area contributed by atoms with E-state index in [9.17, 15) is 5.11 Å². The molecule has 17 heavy (non-hydrogen) atoms. The number of phenolic OH excluding ortho intramolecular Hbond substituents is 1. The van der Waals surface area contributed by atoms with Gasteiger partial charge < -0.3 is 10.4 Å². The summed E-state index contributed by atoms with van der Waals surface area (Å²) in [5, 5.41) is 13.1. The molecule has 2 rings (SSSR count). The molecule has 1 fully saturated rings. The first kappa shape index (κ1) is 12.4. The van der Waals surface area contributed by atoms with E-state index in [1.807, 2.05) is 12.1 Å². The lowest BCUT2D eigenvalue weighted by Crippen LogP contribution is -2.43. The van der Waals surface area contributed by atoms with Gasteiger partial charge in [-0.25, -0.2) is 0 Å². The molecule has 94 valence electrons. The van der Waals surface area contributed by atoms with Crippen molar-refractivity contribution < 1.29 is 5.11 Å². The maximum atomic E-state index is 9.45. The van der Waals surface area contributed by atoms with Gasteiger partial charge in [-0.1, -0.05) is 26.0 Å². The van der Waals surface area contributed by atoms with Crippen molar-refractivity contribution in [2.24, 2.45) is 11.8 Å². The van der Waals surface area contributed by atoms with Crippen LogP contribution in [0.15, 0.2) is 24.3 Å². The highest BCUT2D eigenvalue weighted by Gasteiger charge is 2.31. The minimum Gasteiger partial charge on any atom is -0.508 e.